The SMILES string of the molecule is CCC(C)OP(=O)(O)Cl. The minimum Gasteiger partial charge on any atom is -0.313 e. The number of halogens is 1. The van der Waals surface area contributed by atoms with Gasteiger partial charge in [0.15, 0.2) is 0 Å². The first kappa shape index (κ1) is 9.44. The first-order valence-corrected chi connectivity index (χ1v) is 5.15. The van der Waals surface area contributed by atoms with Crippen LogP contribution >= 0.6 is 18.2 Å². The van der Waals surface area contributed by atoms with Crippen molar-refractivity contribution in [2.24, 2.45) is 0 Å². The van der Waals surface area contributed by atoms with Crippen molar-refractivity contribution in [2.45, 2.75) is 26.4 Å². The average Bonchev–Trinajstić information content (AvgIpc) is 1.62. The third-order valence-electron chi connectivity index (χ3n) is 0.885. The van der Waals surface area contributed by atoms with Crippen molar-refractivity contribution in [1.82, 2.24) is 0 Å². The summed E-state index contributed by atoms with van der Waals surface area (Å²) in [7, 11) is 0. The molecule has 0 radical (unpaired) electrons. The predicted molar refractivity (Wildman–Crippen MR) is 36.5 cm³/mol. The Hall–Kier alpha value is 0.440. The summed E-state index contributed by atoms with van der Waals surface area (Å²) in [6.45, 7) is -0.236. The van der Waals surface area contributed by atoms with Crippen molar-refractivity contribution in [3.8, 4) is 0 Å². The van der Waals surface area contributed by atoms with Gasteiger partial charge in [0.1, 0.15) is 0 Å². The van der Waals surface area contributed by atoms with Crippen LogP contribution in [0.15, 0.2) is 0 Å². The number of hydrogen-bond acceptors (Lipinski definition) is 2. The van der Waals surface area contributed by atoms with Gasteiger partial charge in [-0.3, -0.25) is 4.52 Å². The molecule has 0 fully saturated rings. The van der Waals surface area contributed by atoms with E-state index in [1.54, 1.807) is 6.92 Å². The van der Waals surface area contributed by atoms with E-state index >= 15 is 0 Å². The standard InChI is InChI=1S/C4H10ClO3P/c1-3-4(2)8-9(5,6)7/h4H,3H2,1-2H3,(H,6,7). The van der Waals surface area contributed by atoms with E-state index in [1.165, 1.54) is 0 Å². The molecule has 2 atom stereocenters. The lowest BCUT2D eigenvalue weighted by Gasteiger charge is -2.09. The maximum absolute atomic E-state index is 10.3. The molecule has 5 heteroatoms. The lowest BCUT2D eigenvalue weighted by Crippen LogP contribution is -2.01. The number of rotatable bonds is 3. The normalized spacial score (nSPS) is 20.9. The summed E-state index contributed by atoms with van der Waals surface area (Å²) in [4.78, 5) is 8.42. The molecule has 0 aliphatic carbocycles. The Morgan fingerprint density at radius 3 is 2.44 bits per heavy atom. The van der Waals surface area contributed by atoms with Crippen molar-refractivity contribution in [2.75, 3.05) is 0 Å². The van der Waals surface area contributed by atoms with E-state index in [0.29, 0.717) is 6.42 Å². The van der Waals surface area contributed by atoms with Crippen LogP contribution in [0, 0.1) is 0 Å². The minimum absolute atomic E-state index is 0.252. The Balaban J connectivity index is 3.60. The zero-order valence-electron chi connectivity index (χ0n) is 5.37. The van der Waals surface area contributed by atoms with Gasteiger partial charge >= 0.3 is 6.95 Å². The van der Waals surface area contributed by atoms with Crippen LogP contribution in [0.25, 0.3) is 0 Å². The Kier molecular flexibility index (Phi) is 3.74. The summed E-state index contributed by atoms with van der Waals surface area (Å²) in [6.07, 6.45) is 0.426. The first-order chi connectivity index (χ1) is 3.95. The molecule has 0 amide bonds. The number of hydrogen-bond donors (Lipinski definition) is 1. The maximum Gasteiger partial charge on any atom is 0.421 e. The Morgan fingerprint density at radius 1 is 1.89 bits per heavy atom. The van der Waals surface area contributed by atoms with Gasteiger partial charge in [-0.1, -0.05) is 6.92 Å². The van der Waals surface area contributed by atoms with E-state index in [-0.39, 0.29) is 6.10 Å². The predicted octanol–water partition coefficient (Wildman–Crippen LogP) is 2.14. The van der Waals surface area contributed by atoms with Crippen LogP contribution in [0.1, 0.15) is 20.3 Å². The second kappa shape index (κ2) is 3.57. The lowest BCUT2D eigenvalue weighted by atomic mass is 10.3. The molecular weight excluding hydrogens is 162 g/mol. The zero-order chi connectivity index (χ0) is 7.49. The van der Waals surface area contributed by atoms with E-state index in [9.17, 15) is 4.57 Å². The molecule has 0 aliphatic heterocycles. The molecule has 0 saturated carbocycles. The van der Waals surface area contributed by atoms with Gasteiger partial charge in [-0.25, -0.2) is 4.57 Å². The monoisotopic (exact) mass is 172 g/mol. The van der Waals surface area contributed by atoms with Crippen molar-refractivity contribution in [3.63, 3.8) is 0 Å². The van der Waals surface area contributed by atoms with E-state index in [2.05, 4.69) is 4.52 Å². The van der Waals surface area contributed by atoms with Gasteiger partial charge in [-0.2, -0.15) is 0 Å². The summed E-state index contributed by atoms with van der Waals surface area (Å²) in [6, 6.07) is 0. The van der Waals surface area contributed by atoms with Crippen LogP contribution in [-0.2, 0) is 9.09 Å². The van der Waals surface area contributed by atoms with Crippen LogP contribution < -0.4 is 0 Å². The highest BCUT2D eigenvalue weighted by Crippen LogP contribution is 2.48. The summed E-state index contributed by atoms with van der Waals surface area (Å²) in [5.41, 5.74) is 0. The van der Waals surface area contributed by atoms with Gasteiger partial charge in [-0.15, -0.1) is 0 Å². The van der Waals surface area contributed by atoms with Gasteiger partial charge in [0.2, 0.25) is 0 Å². The molecule has 0 spiro atoms. The Bertz CT molecular complexity index is 121. The Morgan fingerprint density at radius 2 is 2.33 bits per heavy atom. The van der Waals surface area contributed by atoms with Crippen LogP contribution in [0.5, 0.6) is 0 Å². The average molecular weight is 173 g/mol. The van der Waals surface area contributed by atoms with Crippen LogP contribution in [0.4, 0.5) is 0 Å². The van der Waals surface area contributed by atoms with Crippen molar-refractivity contribution < 1.29 is 14.0 Å². The summed E-state index contributed by atoms with van der Waals surface area (Å²) >= 11 is 4.90. The van der Waals surface area contributed by atoms with Crippen LogP contribution in [-0.4, -0.2) is 11.0 Å². The second-order valence-electron chi connectivity index (χ2n) is 1.78. The highest BCUT2D eigenvalue weighted by molar-refractivity contribution is 7.80. The second-order valence-corrected chi connectivity index (χ2v) is 4.17. The topological polar surface area (TPSA) is 46.5 Å². The van der Waals surface area contributed by atoms with E-state index in [0.717, 1.165) is 0 Å². The first-order valence-electron chi connectivity index (χ1n) is 2.66. The van der Waals surface area contributed by atoms with Crippen LogP contribution in [0.2, 0.25) is 0 Å². The molecule has 0 heterocycles. The third kappa shape index (κ3) is 6.32. The van der Waals surface area contributed by atoms with Gasteiger partial charge in [0, 0.05) is 11.2 Å². The van der Waals surface area contributed by atoms with E-state index in [4.69, 9.17) is 16.1 Å². The minimum atomic E-state index is -3.77. The van der Waals surface area contributed by atoms with Gasteiger partial charge < -0.3 is 4.89 Å². The Labute approximate surface area is 59.3 Å². The molecule has 3 nitrogen and oxygen atoms in total. The van der Waals surface area contributed by atoms with Crippen molar-refractivity contribution >= 4 is 18.2 Å². The fourth-order valence-corrected chi connectivity index (χ4v) is 1.30. The summed E-state index contributed by atoms with van der Waals surface area (Å²) in [5.74, 6) is 0. The molecule has 0 aromatic carbocycles. The fourth-order valence-electron chi connectivity index (χ4n) is 0.296. The van der Waals surface area contributed by atoms with Gasteiger partial charge in [0.25, 0.3) is 0 Å². The lowest BCUT2D eigenvalue weighted by molar-refractivity contribution is 0.196. The van der Waals surface area contributed by atoms with Crippen LogP contribution in [0.3, 0.4) is 0 Å². The van der Waals surface area contributed by atoms with Crippen molar-refractivity contribution in [1.29, 1.82) is 0 Å². The summed E-state index contributed by atoms with van der Waals surface area (Å²) < 4.78 is 14.7. The van der Waals surface area contributed by atoms with Gasteiger partial charge in [-0.05, 0) is 13.3 Å². The highest BCUT2D eigenvalue weighted by Gasteiger charge is 2.16. The fraction of sp³-hybridized carbons (Fsp3) is 1.00. The quantitative estimate of drug-likeness (QED) is 0.664. The zero-order valence-corrected chi connectivity index (χ0v) is 7.02. The molecule has 0 aromatic heterocycles. The van der Waals surface area contributed by atoms with Gasteiger partial charge in [0.05, 0.1) is 6.10 Å². The molecule has 0 rings (SSSR count). The van der Waals surface area contributed by atoms with Crippen molar-refractivity contribution in [3.05, 3.63) is 0 Å². The molecule has 1 N–H and O–H groups in total. The largest absolute Gasteiger partial charge is 0.421 e. The molecule has 0 saturated heterocycles. The maximum atomic E-state index is 10.3. The van der Waals surface area contributed by atoms with E-state index < -0.39 is 6.95 Å². The van der Waals surface area contributed by atoms with E-state index in [1.807, 2.05) is 6.92 Å². The molecule has 0 aliphatic rings. The molecule has 2 unspecified atom stereocenters. The molecular formula is C4H10ClO3P. The third-order valence-corrected chi connectivity index (χ3v) is 1.74. The molecule has 0 bridgehead atoms. The molecule has 56 valence electrons. The molecule has 9 heavy (non-hydrogen) atoms. The molecule has 0 aromatic rings. The smallest absolute Gasteiger partial charge is 0.313 e. The highest BCUT2D eigenvalue weighted by atomic mass is 35.7. The summed E-state index contributed by atoms with van der Waals surface area (Å²) in [5, 5.41) is 0.